The minimum atomic E-state index is -1.91. The molecule has 1 aromatic heterocycles. The van der Waals surface area contributed by atoms with Crippen molar-refractivity contribution in [2.24, 2.45) is 0 Å². The summed E-state index contributed by atoms with van der Waals surface area (Å²) in [6.45, 7) is 4.54. The number of ether oxygens (including phenoxy) is 1. The van der Waals surface area contributed by atoms with Crippen LogP contribution in [0.15, 0.2) is 60.9 Å². The molecule has 6 N–H and O–H groups in total. The molecule has 1 unspecified atom stereocenters. The summed E-state index contributed by atoms with van der Waals surface area (Å²) in [6, 6.07) is 16.9. The van der Waals surface area contributed by atoms with E-state index in [1.807, 2.05) is 18.5 Å². The molecule has 1 heterocycles. The molecule has 5 rings (SSSR count). The van der Waals surface area contributed by atoms with Crippen molar-refractivity contribution in [1.29, 1.82) is 0 Å². The first-order valence-electron chi connectivity index (χ1n) is 16.7. The first-order chi connectivity index (χ1) is 22.5. The van der Waals surface area contributed by atoms with Crippen LogP contribution >= 0.6 is 0 Å². The summed E-state index contributed by atoms with van der Waals surface area (Å²) in [6.07, 6.45) is 2.57. The van der Waals surface area contributed by atoms with Crippen LogP contribution in [0.2, 0.25) is 0 Å². The average Bonchev–Trinajstić information content (AvgIpc) is 4.04. The van der Waals surface area contributed by atoms with Crippen LogP contribution in [0.3, 0.4) is 0 Å². The van der Waals surface area contributed by atoms with Crippen LogP contribution in [0.4, 0.5) is 0 Å². The van der Waals surface area contributed by atoms with Crippen molar-refractivity contribution in [2.45, 2.75) is 101 Å². The lowest BCUT2D eigenvalue weighted by Crippen LogP contribution is -2.52. The van der Waals surface area contributed by atoms with Gasteiger partial charge in [-0.25, -0.2) is 0 Å². The standard InChI is InChI=1S/C37H49N3O7/c1-23(7-6-18-40(3)36(46)35(45)34(44)33(43)31(42)22-41)25-11-10-24(2)26(19-25)20-39-37(15-16-37)30-21-38-17-14-28(30)29-8-4-5-9-32(29)47-27-12-13-27/h4-5,8-11,14,17,19,21,23,27,31,33-35,39,41-45H,6-7,12-13,15-16,18,20,22H2,1-3H3/t23?,31-,33+,34-,35-/m0/s1. The van der Waals surface area contributed by atoms with E-state index in [0.717, 1.165) is 55.5 Å². The molecule has 10 nitrogen and oxygen atoms in total. The van der Waals surface area contributed by atoms with Crippen molar-refractivity contribution in [3.8, 4) is 16.9 Å². The predicted octanol–water partition coefficient (Wildman–Crippen LogP) is 3.16. The van der Waals surface area contributed by atoms with Crippen molar-refractivity contribution in [2.75, 3.05) is 20.2 Å². The monoisotopic (exact) mass is 647 g/mol. The molecule has 0 radical (unpaired) electrons. The van der Waals surface area contributed by atoms with Crippen LogP contribution in [0.5, 0.6) is 5.75 Å². The van der Waals surface area contributed by atoms with Gasteiger partial charge in [0.25, 0.3) is 5.91 Å². The SMILES string of the molecule is Cc1ccc(C(C)CCCN(C)C(=O)[C@@H](O)[C@@H](O)[C@H](O)[C@@H](O)CO)cc1CNC1(c2cnccc2-c2ccccc2OC2CC2)CC1. The molecule has 47 heavy (non-hydrogen) atoms. The van der Waals surface area contributed by atoms with Crippen molar-refractivity contribution in [3.63, 3.8) is 0 Å². The quantitative estimate of drug-likeness (QED) is 0.130. The summed E-state index contributed by atoms with van der Waals surface area (Å²) in [5.41, 5.74) is 6.96. The molecule has 2 aliphatic rings. The molecular formula is C37H49N3O7. The number of hydrogen-bond acceptors (Lipinski definition) is 9. The maximum atomic E-state index is 12.6. The summed E-state index contributed by atoms with van der Waals surface area (Å²) in [7, 11) is 1.52. The molecule has 1 amide bonds. The van der Waals surface area contributed by atoms with Gasteiger partial charge in [0.1, 0.15) is 24.1 Å². The van der Waals surface area contributed by atoms with Crippen LogP contribution in [0.1, 0.15) is 73.6 Å². The van der Waals surface area contributed by atoms with Gasteiger partial charge in [0.15, 0.2) is 6.10 Å². The third-order valence-electron chi connectivity index (χ3n) is 9.66. The number of nitrogens with zero attached hydrogens (tertiary/aromatic N) is 2. The van der Waals surface area contributed by atoms with Gasteiger partial charge in [-0.05, 0) is 91.3 Å². The van der Waals surface area contributed by atoms with E-state index in [1.165, 1.54) is 34.2 Å². The molecule has 0 bridgehead atoms. The Balaban J connectivity index is 1.19. The van der Waals surface area contributed by atoms with Crippen LogP contribution in [0.25, 0.3) is 11.1 Å². The molecule has 2 fully saturated rings. The van der Waals surface area contributed by atoms with Gasteiger partial charge in [0.2, 0.25) is 0 Å². The number of para-hydroxylation sites is 1. The van der Waals surface area contributed by atoms with E-state index in [1.54, 1.807) is 0 Å². The second-order valence-electron chi connectivity index (χ2n) is 13.3. The van der Waals surface area contributed by atoms with E-state index in [-0.39, 0.29) is 11.5 Å². The van der Waals surface area contributed by atoms with Crippen molar-refractivity contribution < 1.29 is 35.1 Å². The Labute approximate surface area is 277 Å². The van der Waals surface area contributed by atoms with E-state index < -0.39 is 36.9 Å². The Morgan fingerprint density at radius 1 is 1.06 bits per heavy atom. The fraction of sp³-hybridized carbons (Fsp3) is 0.514. The molecule has 254 valence electrons. The number of aryl methyl sites for hydroxylation is 1. The Hall–Kier alpha value is -3.38. The predicted molar refractivity (Wildman–Crippen MR) is 179 cm³/mol. The number of rotatable bonds is 17. The smallest absolute Gasteiger partial charge is 0.253 e. The normalized spacial score (nSPS) is 18.6. The molecule has 2 aliphatic carbocycles. The number of amides is 1. The lowest BCUT2D eigenvalue weighted by atomic mass is 9.92. The maximum Gasteiger partial charge on any atom is 0.253 e. The topological polar surface area (TPSA) is 156 Å². The van der Waals surface area contributed by atoms with E-state index in [2.05, 4.69) is 66.6 Å². The minimum absolute atomic E-state index is 0.147. The summed E-state index contributed by atoms with van der Waals surface area (Å²) < 4.78 is 6.27. The zero-order valence-electron chi connectivity index (χ0n) is 27.5. The Kier molecular flexibility index (Phi) is 11.3. The van der Waals surface area contributed by atoms with Gasteiger partial charge in [0.05, 0.1) is 12.7 Å². The van der Waals surface area contributed by atoms with E-state index >= 15 is 0 Å². The van der Waals surface area contributed by atoms with Crippen LogP contribution < -0.4 is 10.1 Å². The van der Waals surface area contributed by atoms with E-state index in [4.69, 9.17) is 9.84 Å². The van der Waals surface area contributed by atoms with E-state index in [0.29, 0.717) is 19.1 Å². The van der Waals surface area contributed by atoms with Gasteiger partial charge < -0.3 is 40.5 Å². The fourth-order valence-electron chi connectivity index (χ4n) is 6.09. The van der Waals surface area contributed by atoms with Crippen molar-refractivity contribution in [3.05, 3.63) is 83.2 Å². The molecule has 5 atom stereocenters. The highest BCUT2D eigenvalue weighted by Gasteiger charge is 2.46. The fourth-order valence-corrected chi connectivity index (χ4v) is 6.09. The van der Waals surface area contributed by atoms with Crippen molar-refractivity contribution >= 4 is 5.91 Å². The number of pyridine rings is 1. The summed E-state index contributed by atoms with van der Waals surface area (Å²) >= 11 is 0. The molecule has 2 saturated carbocycles. The summed E-state index contributed by atoms with van der Waals surface area (Å²) in [5.74, 6) is 0.386. The summed E-state index contributed by atoms with van der Waals surface area (Å²) in [4.78, 5) is 18.4. The number of likely N-dealkylation sites (N-methyl/N-ethyl adjacent to an activating group) is 1. The van der Waals surface area contributed by atoms with Crippen LogP contribution in [0, 0.1) is 6.92 Å². The van der Waals surface area contributed by atoms with Crippen LogP contribution in [-0.4, -0.2) is 92.0 Å². The highest BCUT2D eigenvalue weighted by molar-refractivity contribution is 5.81. The Bertz CT molecular complexity index is 1510. The van der Waals surface area contributed by atoms with Crippen LogP contribution in [-0.2, 0) is 16.9 Å². The second kappa shape index (κ2) is 15.2. The highest BCUT2D eigenvalue weighted by atomic mass is 16.5. The molecule has 0 aliphatic heterocycles. The van der Waals surface area contributed by atoms with Gasteiger partial charge >= 0.3 is 0 Å². The first kappa shape index (κ1) is 34.9. The molecule has 3 aromatic rings. The van der Waals surface area contributed by atoms with Gasteiger partial charge in [-0.15, -0.1) is 0 Å². The number of carbonyl (C=O) groups excluding carboxylic acids is 1. The minimum Gasteiger partial charge on any atom is -0.490 e. The lowest BCUT2D eigenvalue weighted by Gasteiger charge is -2.28. The second-order valence-corrected chi connectivity index (χ2v) is 13.3. The van der Waals surface area contributed by atoms with Gasteiger partial charge in [-0.2, -0.15) is 0 Å². The van der Waals surface area contributed by atoms with Crippen molar-refractivity contribution in [1.82, 2.24) is 15.2 Å². The molecule has 0 spiro atoms. The number of hydrogen-bond donors (Lipinski definition) is 6. The number of aliphatic hydroxyl groups is 5. The molecule has 0 saturated heterocycles. The maximum absolute atomic E-state index is 12.6. The van der Waals surface area contributed by atoms with Gasteiger partial charge in [-0.3, -0.25) is 9.78 Å². The van der Waals surface area contributed by atoms with Gasteiger partial charge in [-0.1, -0.05) is 43.3 Å². The third-order valence-corrected chi connectivity index (χ3v) is 9.66. The highest BCUT2D eigenvalue weighted by Crippen LogP contribution is 2.50. The van der Waals surface area contributed by atoms with E-state index in [9.17, 15) is 25.2 Å². The molecule has 10 heteroatoms. The lowest BCUT2D eigenvalue weighted by molar-refractivity contribution is -0.157. The summed E-state index contributed by atoms with van der Waals surface area (Å²) in [5, 5.41) is 52.5. The number of carbonyl (C=O) groups is 1. The molecular weight excluding hydrogens is 598 g/mol. The zero-order chi connectivity index (χ0) is 33.7. The number of aromatic nitrogens is 1. The number of benzene rings is 2. The number of nitrogens with one attached hydrogen (secondary N) is 1. The van der Waals surface area contributed by atoms with Gasteiger partial charge in [0, 0.05) is 43.6 Å². The average molecular weight is 648 g/mol. The third kappa shape index (κ3) is 8.38. The largest absolute Gasteiger partial charge is 0.490 e. The zero-order valence-corrected chi connectivity index (χ0v) is 27.5. The first-order valence-corrected chi connectivity index (χ1v) is 16.7. The Morgan fingerprint density at radius 3 is 2.51 bits per heavy atom. The molecule has 2 aromatic carbocycles. The number of aliphatic hydroxyl groups excluding tert-OH is 5. The Morgan fingerprint density at radius 2 is 1.81 bits per heavy atom.